The Morgan fingerprint density at radius 3 is 2.32 bits per heavy atom. The molecule has 0 saturated heterocycles. The number of carbonyl (C=O) groups is 1. The fraction of sp³-hybridized carbons (Fsp3) is 0.238. The van der Waals surface area contributed by atoms with Crippen LogP contribution in [0.15, 0.2) is 51.7 Å². The number of benzene rings is 2. The van der Waals surface area contributed by atoms with Gasteiger partial charge in [0.05, 0.1) is 5.56 Å². The number of rotatable bonds is 5. The van der Waals surface area contributed by atoms with Crippen molar-refractivity contribution in [3.8, 4) is 11.1 Å². The Balaban J connectivity index is 2.17. The van der Waals surface area contributed by atoms with E-state index in [0.29, 0.717) is 16.7 Å². The van der Waals surface area contributed by atoms with Crippen LogP contribution in [0.5, 0.6) is 0 Å². The third kappa shape index (κ3) is 3.07. The number of carbonyl (C=O) groups excluding carboxylic acids is 1. The predicted molar refractivity (Wildman–Crippen MR) is 102 cm³/mol. The summed E-state index contributed by atoms with van der Waals surface area (Å²) in [5, 5.41) is 0.921. The van der Waals surface area contributed by atoms with Gasteiger partial charge in [-0.3, -0.25) is 4.79 Å². The molecule has 0 atom stereocenters. The highest BCUT2D eigenvalue weighted by Gasteiger charge is 2.14. The highest BCUT2D eigenvalue weighted by Crippen LogP contribution is 2.29. The summed E-state index contributed by atoms with van der Waals surface area (Å²) < 4.78 is 5.61. The monoisotopic (exact) mass is 335 g/mol. The molecule has 0 aliphatic heterocycles. The third-order valence-corrected chi connectivity index (χ3v) is 4.62. The maximum atomic E-state index is 12.6. The van der Waals surface area contributed by atoms with Gasteiger partial charge in [-0.1, -0.05) is 24.3 Å². The average Bonchev–Trinajstić information content (AvgIpc) is 2.63. The minimum Gasteiger partial charge on any atom is -0.422 e. The predicted octanol–water partition coefficient (Wildman–Crippen LogP) is 4.43. The smallest absolute Gasteiger partial charge is 0.344 e. The first-order valence-corrected chi connectivity index (χ1v) is 8.47. The van der Waals surface area contributed by atoms with Crippen molar-refractivity contribution in [3.63, 3.8) is 0 Å². The first-order chi connectivity index (χ1) is 12.1. The Hall–Kier alpha value is -2.88. The zero-order chi connectivity index (χ0) is 18.0. The van der Waals surface area contributed by atoms with Crippen LogP contribution in [-0.2, 0) is 0 Å². The van der Waals surface area contributed by atoms with Crippen LogP contribution >= 0.6 is 0 Å². The molecule has 3 rings (SSSR count). The van der Waals surface area contributed by atoms with E-state index in [0.717, 1.165) is 41.6 Å². The van der Waals surface area contributed by atoms with Crippen LogP contribution < -0.4 is 10.5 Å². The largest absolute Gasteiger partial charge is 0.422 e. The van der Waals surface area contributed by atoms with Crippen molar-refractivity contribution in [1.82, 2.24) is 0 Å². The Bertz CT molecular complexity index is 967. The van der Waals surface area contributed by atoms with Crippen LogP contribution in [-0.4, -0.2) is 19.4 Å². The molecule has 0 unspecified atom stereocenters. The van der Waals surface area contributed by atoms with E-state index in [4.69, 9.17) is 4.42 Å². The van der Waals surface area contributed by atoms with Crippen LogP contribution in [0.25, 0.3) is 22.1 Å². The van der Waals surface area contributed by atoms with Crippen LogP contribution in [0.4, 0.5) is 5.69 Å². The van der Waals surface area contributed by atoms with Gasteiger partial charge in [-0.25, -0.2) is 4.79 Å². The number of nitrogens with zero attached hydrogens (tertiary/aromatic N) is 1. The second kappa shape index (κ2) is 6.93. The molecule has 128 valence electrons. The molecule has 0 radical (unpaired) electrons. The van der Waals surface area contributed by atoms with E-state index in [9.17, 15) is 9.59 Å². The summed E-state index contributed by atoms with van der Waals surface area (Å²) in [6.07, 6.45) is 0.786. The van der Waals surface area contributed by atoms with Crippen molar-refractivity contribution in [2.75, 3.05) is 18.0 Å². The van der Waals surface area contributed by atoms with Gasteiger partial charge in [-0.2, -0.15) is 0 Å². The van der Waals surface area contributed by atoms with E-state index in [-0.39, 0.29) is 5.63 Å². The molecular weight excluding hydrogens is 314 g/mol. The number of aldehydes is 1. The van der Waals surface area contributed by atoms with Crippen molar-refractivity contribution in [2.45, 2.75) is 20.8 Å². The van der Waals surface area contributed by atoms with Gasteiger partial charge in [0, 0.05) is 35.8 Å². The second-order valence-electron chi connectivity index (χ2n) is 5.98. The second-order valence-corrected chi connectivity index (χ2v) is 5.98. The summed E-state index contributed by atoms with van der Waals surface area (Å²) in [7, 11) is 0. The maximum absolute atomic E-state index is 12.6. The van der Waals surface area contributed by atoms with Crippen molar-refractivity contribution in [3.05, 3.63) is 64.0 Å². The molecule has 0 amide bonds. The SMILES string of the molecule is CCN(CC)c1ccc2c(C)c(-c3ccc(C=O)cc3)c(=O)oc2c1. The van der Waals surface area contributed by atoms with Crippen molar-refractivity contribution >= 4 is 22.9 Å². The Kier molecular flexibility index (Phi) is 4.70. The number of fused-ring (bicyclic) bond motifs is 1. The Morgan fingerprint density at radius 2 is 1.72 bits per heavy atom. The maximum Gasteiger partial charge on any atom is 0.344 e. The van der Waals surface area contributed by atoms with Gasteiger partial charge in [-0.15, -0.1) is 0 Å². The summed E-state index contributed by atoms with van der Waals surface area (Å²) in [6, 6.07) is 12.9. The summed E-state index contributed by atoms with van der Waals surface area (Å²) in [6.45, 7) is 7.92. The fourth-order valence-electron chi connectivity index (χ4n) is 3.19. The van der Waals surface area contributed by atoms with Gasteiger partial charge in [0.1, 0.15) is 11.9 Å². The molecule has 4 nitrogen and oxygen atoms in total. The fourth-order valence-corrected chi connectivity index (χ4v) is 3.19. The van der Waals surface area contributed by atoms with E-state index in [2.05, 4.69) is 24.8 Å². The molecule has 3 aromatic rings. The lowest BCUT2D eigenvalue weighted by molar-refractivity contribution is 0.112. The molecule has 0 N–H and O–H groups in total. The van der Waals surface area contributed by atoms with Gasteiger partial charge in [0.2, 0.25) is 0 Å². The van der Waals surface area contributed by atoms with Gasteiger partial charge in [0.15, 0.2) is 0 Å². The first kappa shape index (κ1) is 17.0. The highest BCUT2D eigenvalue weighted by atomic mass is 16.4. The molecule has 2 aromatic carbocycles. The molecule has 1 aromatic heterocycles. The highest BCUT2D eigenvalue weighted by molar-refractivity contribution is 5.89. The van der Waals surface area contributed by atoms with Gasteiger partial charge < -0.3 is 9.32 Å². The van der Waals surface area contributed by atoms with E-state index in [1.807, 2.05) is 19.1 Å². The number of aryl methyl sites for hydroxylation is 1. The molecular formula is C21H21NO3. The topological polar surface area (TPSA) is 50.5 Å². The number of anilines is 1. The van der Waals surface area contributed by atoms with E-state index >= 15 is 0 Å². The molecule has 0 fully saturated rings. The van der Waals surface area contributed by atoms with Crippen molar-refractivity contribution < 1.29 is 9.21 Å². The van der Waals surface area contributed by atoms with Gasteiger partial charge in [-0.05, 0) is 44.0 Å². The molecule has 1 heterocycles. The Morgan fingerprint density at radius 1 is 1.04 bits per heavy atom. The lowest BCUT2D eigenvalue weighted by atomic mass is 9.98. The van der Waals surface area contributed by atoms with Crippen LogP contribution in [0.3, 0.4) is 0 Å². The standard InChI is InChI=1S/C21H21NO3/c1-4-22(5-2)17-10-11-18-14(3)20(21(24)25-19(18)12-17)16-8-6-15(13-23)7-9-16/h6-13H,4-5H2,1-3H3. The van der Waals surface area contributed by atoms with E-state index < -0.39 is 0 Å². The van der Waals surface area contributed by atoms with Crippen LogP contribution in [0, 0.1) is 6.92 Å². The zero-order valence-corrected chi connectivity index (χ0v) is 14.7. The average molecular weight is 335 g/mol. The lowest BCUT2D eigenvalue weighted by Gasteiger charge is -2.21. The third-order valence-electron chi connectivity index (χ3n) is 4.62. The van der Waals surface area contributed by atoms with Crippen molar-refractivity contribution in [2.24, 2.45) is 0 Å². The van der Waals surface area contributed by atoms with Crippen LogP contribution in [0.1, 0.15) is 29.8 Å². The summed E-state index contributed by atoms with van der Waals surface area (Å²) in [4.78, 5) is 25.6. The quantitative estimate of drug-likeness (QED) is 0.511. The zero-order valence-electron chi connectivity index (χ0n) is 14.7. The molecule has 0 bridgehead atoms. The summed E-state index contributed by atoms with van der Waals surface area (Å²) >= 11 is 0. The summed E-state index contributed by atoms with van der Waals surface area (Å²) in [5.74, 6) is 0. The molecule has 0 aliphatic rings. The minimum absolute atomic E-state index is 0.361. The van der Waals surface area contributed by atoms with Gasteiger partial charge in [0.25, 0.3) is 0 Å². The first-order valence-electron chi connectivity index (χ1n) is 8.47. The van der Waals surface area contributed by atoms with E-state index in [1.54, 1.807) is 24.3 Å². The Labute approximate surface area is 146 Å². The lowest BCUT2D eigenvalue weighted by Crippen LogP contribution is -2.21. The molecule has 0 saturated carbocycles. The number of hydrogen-bond acceptors (Lipinski definition) is 4. The van der Waals surface area contributed by atoms with Crippen LogP contribution in [0.2, 0.25) is 0 Å². The molecule has 0 spiro atoms. The molecule has 4 heteroatoms. The summed E-state index contributed by atoms with van der Waals surface area (Å²) in [5.41, 5.74) is 4.04. The molecule has 0 aliphatic carbocycles. The normalized spacial score (nSPS) is 10.8. The van der Waals surface area contributed by atoms with E-state index in [1.165, 1.54) is 0 Å². The van der Waals surface area contributed by atoms with Gasteiger partial charge >= 0.3 is 5.63 Å². The van der Waals surface area contributed by atoms with Crippen molar-refractivity contribution in [1.29, 1.82) is 0 Å². The molecule has 25 heavy (non-hydrogen) atoms. The number of hydrogen-bond donors (Lipinski definition) is 0. The minimum atomic E-state index is -0.361.